The number of pyridine rings is 1. The van der Waals surface area contributed by atoms with Crippen LogP contribution in [-0.4, -0.2) is 40.1 Å². The van der Waals surface area contributed by atoms with Gasteiger partial charge in [0.2, 0.25) is 10.0 Å². The zero-order valence-corrected chi connectivity index (χ0v) is 21.4. The number of hydrogen-bond acceptors (Lipinski definition) is 7. The fourth-order valence-corrected chi connectivity index (χ4v) is 5.96. The normalized spacial score (nSPS) is 13.6. The average Bonchev–Trinajstić information content (AvgIpc) is 3.38. The lowest BCUT2D eigenvalue weighted by Gasteiger charge is -2.08. The molecule has 0 bridgehead atoms. The van der Waals surface area contributed by atoms with E-state index in [-0.39, 0.29) is 16.6 Å². The average molecular weight is 531 g/mol. The summed E-state index contributed by atoms with van der Waals surface area (Å²) in [6.07, 6.45) is 1.72. The minimum atomic E-state index is -3.56. The zero-order chi connectivity index (χ0) is 25.6. The first-order valence-electron chi connectivity index (χ1n) is 11.7. The van der Waals surface area contributed by atoms with Gasteiger partial charge in [0.25, 0.3) is 5.91 Å². The van der Waals surface area contributed by atoms with Gasteiger partial charge in [-0.15, -0.1) is 11.3 Å². The third-order valence-corrected chi connectivity index (χ3v) is 8.31. The minimum absolute atomic E-state index is 0.0216. The summed E-state index contributed by atoms with van der Waals surface area (Å²) in [6, 6.07) is 19.4. The maximum atomic E-state index is 13.2. The number of carbonyl (C=O) groups excluding carboxylic acids is 1. The molecule has 2 aromatic carbocycles. The topological polar surface area (TPSA) is 119 Å². The highest BCUT2D eigenvalue weighted by atomic mass is 32.2. The Labute approximate surface area is 217 Å². The lowest BCUT2D eigenvalue weighted by Crippen LogP contribution is -2.25. The molecule has 1 saturated carbocycles. The monoisotopic (exact) mass is 530 g/mol. The molecule has 11 heteroatoms. The maximum Gasteiger partial charge on any atom is 0.276 e. The van der Waals surface area contributed by atoms with E-state index < -0.39 is 15.9 Å². The summed E-state index contributed by atoms with van der Waals surface area (Å²) in [5.41, 5.74) is 5.79. The molecule has 5 aromatic rings. The van der Waals surface area contributed by atoms with Crippen LogP contribution in [0.3, 0.4) is 0 Å². The Balaban J connectivity index is 1.31. The number of hydrogen-bond donors (Lipinski definition) is 2. The molecule has 0 aliphatic heterocycles. The maximum absolute atomic E-state index is 13.2. The van der Waals surface area contributed by atoms with Gasteiger partial charge in [0.15, 0.2) is 11.5 Å². The van der Waals surface area contributed by atoms with E-state index in [1.165, 1.54) is 12.1 Å². The van der Waals surface area contributed by atoms with Crippen molar-refractivity contribution in [2.24, 2.45) is 0 Å². The fraction of sp³-hybridized carbons (Fsp3) is 0.154. The quantitative estimate of drug-likeness (QED) is 0.319. The molecule has 0 saturated heterocycles. The summed E-state index contributed by atoms with van der Waals surface area (Å²) >= 11 is 1.54. The summed E-state index contributed by atoms with van der Waals surface area (Å²) in [6.45, 7) is 1.90. The standard InChI is InChI=1S/C26H22N6O3S2/c1-16-3-2-4-25(28-16)32-23(17-5-12-21-24(13-17)36-15-27-21)14-22(30-32)26(33)29-18-8-10-20(11-9-18)37(34,35)31-19-6-7-19/h2-5,8-15,19,31H,6-7H2,1H3,(H,29,33). The van der Waals surface area contributed by atoms with Gasteiger partial charge < -0.3 is 5.32 Å². The van der Waals surface area contributed by atoms with Crippen LogP contribution in [0.25, 0.3) is 27.3 Å². The second-order valence-corrected chi connectivity index (χ2v) is 11.5. The van der Waals surface area contributed by atoms with Crippen molar-refractivity contribution < 1.29 is 13.2 Å². The fourth-order valence-electron chi connectivity index (χ4n) is 3.93. The number of amides is 1. The number of sulfonamides is 1. The van der Waals surface area contributed by atoms with Gasteiger partial charge >= 0.3 is 0 Å². The summed E-state index contributed by atoms with van der Waals surface area (Å²) in [4.78, 5) is 22.3. The van der Waals surface area contributed by atoms with E-state index in [1.54, 1.807) is 39.7 Å². The second kappa shape index (κ2) is 9.18. The van der Waals surface area contributed by atoms with Crippen molar-refractivity contribution in [1.29, 1.82) is 0 Å². The van der Waals surface area contributed by atoms with E-state index in [2.05, 4.69) is 25.1 Å². The van der Waals surface area contributed by atoms with Gasteiger partial charge in [-0.1, -0.05) is 12.1 Å². The number of rotatable bonds is 7. The molecule has 1 aliphatic carbocycles. The first kappa shape index (κ1) is 23.5. The number of fused-ring (bicyclic) bond motifs is 1. The van der Waals surface area contributed by atoms with Gasteiger partial charge in [-0.05, 0) is 74.4 Å². The molecule has 0 atom stereocenters. The smallest absolute Gasteiger partial charge is 0.276 e. The van der Waals surface area contributed by atoms with Crippen LogP contribution in [0.4, 0.5) is 5.69 Å². The molecule has 186 valence electrons. The zero-order valence-electron chi connectivity index (χ0n) is 19.7. The van der Waals surface area contributed by atoms with Crippen LogP contribution in [0, 0.1) is 6.92 Å². The lowest BCUT2D eigenvalue weighted by atomic mass is 10.1. The number of carbonyl (C=O) groups is 1. The molecule has 3 heterocycles. The molecule has 6 rings (SSSR count). The number of aryl methyl sites for hydroxylation is 1. The third-order valence-electron chi connectivity index (χ3n) is 5.98. The van der Waals surface area contributed by atoms with Crippen molar-refractivity contribution in [2.75, 3.05) is 5.32 Å². The Morgan fingerprint density at radius 3 is 2.62 bits per heavy atom. The Morgan fingerprint density at radius 2 is 1.86 bits per heavy atom. The summed E-state index contributed by atoms with van der Waals surface area (Å²) < 4.78 is 30.2. The predicted octanol–water partition coefficient (Wildman–Crippen LogP) is 4.55. The van der Waals surface area contributed by atoms with Gasteiger partial charge in [-0.3, -0.25) is 4.79 Å². The highest BCUT2D eigenvalue weighted by molar-refractivity contribution is 7.89. The molecule has 1 amide bonds. The van der Waals surface area contributed by atoms with Crippen molar-refractivity contribution in [1.82, 2.24) is 24.5 Å². The molecular formula is C26H22N6O3S2. The lowest BCUT2D eigenvalue weighted by molar-refractivity contribution is 0.102. The highest BCUT2D eigenvalue weighted by Gasteiger charge is 2.28. The van der Waals surface area contributed by atoms with Crippen molar-refractivity contribution in [2.45, 2.75) is 30.7 Å². The highest BCUT2D eigenvalue weighted by Crippen LogP contribution is 2.29. The SMILES string of the molecule is Cc1cccc(-n2nc(C(=O)Nc3ccc(S(=O)(=O)NC4CC4)cc3)cc2-c2ccc3ncsc3c2)n1. The molecule has 1 aliphatic rings. The van der Waals surface area contributed by atoms with Crippen molar-refractivity contribution >= 4 is 43.2 Å². The Morgan fingerprint density at radius 1 is 1.05 bits per heavy atom. The summed E-state index contributed by atoms with van der Waals surface area (Å²) in [5.74, 6) is 0.175. The van der Waals surface area contributed by atoms with Gasteiger partial charge in [0.1, 0.15) is 0 Å². The minimum Gasteiger partial charge on any atom is -0.321 e. The molecular weight excluding hydrogens is 508 g/mol. The van der Waals surface area contributed by atoms with Crippen LogP contribution < -0.4 is 10.0 Å². The Kier molecular flexibility index (Phi) is 5.82. The number of thiazole rings is 1. The first-order chi connectivity index (χ1) is 17.9. The van der Waals surface area contributed by atoms with Crippen LogP contribution in [0.2, 0.25) is 0 Å². The van der Waals surface area contributed by atoms with E-state index in [0.29, 0.717) is 17.2 Å². The Hall–Kier alpha value is -3.93. The van der Waals surface area contributed by atoms with Crippen LogP contribution in [-0.2, 0) is 10.0 Å². The van der Waals surface area contributed by atoms with Crippen LogP contribution in [0.5, 0.6) is 0 Å². The second-order valence-electron chi connectivity index (χ2n) is 8.87. The predicted molar refractivity (Wildman–Crippen MR) is 142 cm³/mol. The molecule has 3 aromatic heterocycles. The van der Waals surface area contributed by atoms with Crippen molar-refractivity contribution in [3.05, 3.63) is 83.6 Å². The van der Waals surface area contributed by atoms with E-state index in [4.69, 9.17) is 0 Å². The molecule has 9 nitrogen and oxygen atoms in total. The molecule has 1 fully saturated rings. The van der Waals surface area contributed by atoms with Gasteiger partial charge in [0.05, 0.1) is 26.3 Å². The molecule has 37 heavy (non-hydrogen) atoms. The van der Waals surface area contributed by atoms with Crippen molar-refractivity contribution in [3.8, 4) is 17.1 Å². The number of anilines is 1. The molecule has 0 unspecified atom stereocenters. The number of nitrogens with one attached hydrogen (secondary N) is 2. The summed E-state index contributed by atoms with van der Waals surface area (Å²) in [5, 5.41) is 7.39. The molecule has 0 spiro atoms. The summed E-state index contributed by atoms with van der Waals surface area (Å²) in [7, 11) is -3.56. The third kappa shape index (κ3) is 4.88. The van der Waals surface area contributed by atoms with Crippen LogP contribution in [0.15, 0.2) is 77.1 Å². The number of nitrogens with zero attached hydrogens (tertiary/aromatic N) is 4. The van der Waals surface area contributed by atoms with Crippen molar-refractivity contribution in [3.63, 3.8) is 0 Å². The van der Waals surface area contributed by atoms with E-state index in [0.717, 1.165) is 34.3 Å². The van der Waals surface area contributed by atoms with Gasteiger partial charge in [-0.2, -0.15) is 5.10 Å². The Bertz CT molecular complexity index is 1740. The van der Waals surface area contributed by atoms with E-state index in [9.17, 15) is 13.2 Å². The van der Waals surface area contributed by atoms with E-state index in [1.807, 2.05) is 43.3 Å². The van der Waals surface area contributed by atoms with E-state index >= 15 is 0 Å². The molecule has 0 radical (unpaired) electrons. The van der Waals surface area contributed by atoms with Crippen LogP contribution in [0.1, 0.15) is 29.0 Å². The molecule has 2 N–H and O–H groups in total. The van der Waals surface area contributed by atoms with Crippen LogP contribution >= 0.6 is 11.3 Å². The van der Waals surface area contributed by atoms with Gasteiger partial charge in [0, 0.05) is 23.0 Å². The first-order valence-corrected chi connectivity index (χ1v) is 14.0. The largest absolute Gasteiger partial charge is 0.321 e. The van der Waals surface area contributed by atoms with Gasteiger partial charge in [-0.25, -0.2) is 27.8 Å². The number of benzene rings is 2. The number of aromatic nitrogens is 4.